The van der Waals surface area contributed by atoms with E-state index in [2.05, 4.69) is 21.9 Å². The quantitative estimate of drug-likeness (QED) is 0.440. The molecule has 0 unspecified atom stereocenters. The van der Waals surface area contributed by atoms with Crippen LogP contribution in [0.2, 0.25) is 0 Å². The van der Waals surface area contributed by atoms with Gasteiger partial charge in [-0.25, -0.2) is 13.9 Å². The number of nitrogens with one attached hydrogen (secondary N) is 1. The molecule has 1 atom stereocenters. The van der Waals surface area contributed by atoms with Crippen LogP contribution in [0.5, 0.6) is 5.75 Å². The minimum atomic E-state index is -0.233. The summed E-state index contributed by atoms with van der Waals surface area (Å²) in [6.07, 6.45) is 5.79. The fraction of sp³-hybridized carbons (Fsp3) is 0.500. The molecule has 0 spiro atoms. The number of hydrogen-bond acceptors (Lipinski definition) is 6. The Bertz CT molecular complexity index is 1080. The number of anilines is 1. The molecule has 8 heteroatoms. The second-order valence-corrected chi connectivity index (χ2v) is 8.17. The molecule has 2 bridgehead atoms. The molecule has 36 heavy (non-hydrogen) atoms. The van der Waals surface area contributed by atoms with E-state index < -0.39 is 0 Å². The van der Waals surface area contributed by atoms with Gasteiger partial charge in [-0.1, -0.05) is 39.8 Å². The van der Waals surface area contributed by atoms with E-state index >= 15 is 0 Å². The third-order valence-electron chi connectivity index (χ3n) is 5.55. The maximum Gasteiger partial charge on any atom is 0.161 e. The molecule has 1 fully saturated rings. The van der Waals surface area contributed by atoms with Gasteiger partial charge in [0.25, 0.3) is 0 Å². The van der Waals surface area contributed by atoms with Gasteiger partial charge in [-0.15, -0.1) is 0 Å². The van der Waals surface area contributed by atoms with Crippen LogP contribution in [0.4, 0.5) is 10.2 Å². The van der Waals surface area contributed by atoms with Crippen molar-refractivity contribution in [2.24, 2.45) is 0 Å². The van der Waals surface area contributed by atoms with Crippen molar-refractivity contribution in [2.45, 2.75) is 60.0 Å². The summed E-state index contributed by atoms with van der Waals surface area (Å²) in [6.45, 7) is 17.0. The highest BCUT2D eigenvalue weighted by Gasteiger charge is 2.30. The second-order valence-electron chi connectivity index (χ2n) is 8.17. The molecule has 2 aromatic heterocycles. The van der Waals surface area contributed by atoms with Crippen LogP contribution < -0.4 is 15.0 Å². The monoisotopic (exact) mass is 499 g/mol. The lowest BCUT2D eigenvalue weighted by Gasteiger charge is -2.27. The lowest BCUT2D eigenvalue weighted by atomic mass is 10.0. The predicted octanol–water partition coefficient (Wildman–Crippen LogP) is 5.95. The number of nitrogens with zero attached hydrogens (tertiary/aromatic N) is 4. The summed E-state index contributed by atoms with van der Waals surface area (Å²) in [4.78, 5) is 7.12. The van der Waals surface area contributed by atoms with Crippen LogP contribution in [0, 0.1) is 5.82 Å². The van der Waals surface area contributed by atoms with Gasteiger partial charge < -0.3 is 19.7 Å². The van der Waals surface area contributed by atoms with Crippen molar-refractivity contribution in [1.82, 2.24) is 19.9 Å². The molecule has 0 aliphatic carbocycles. The Morgan fingerprint density at radius 2 is 2.03 bits per heavy atom. The third-order valence-corrected chi connectivity index (χ3v) is 5.55. The molecule has 0 radical (unpaired) electrons. The number of halogens is 1. The van der Waals surface area contributed by atoms with Crippen molar-refractivity contribution < 1.29 is 13.9 Å². The highest BCUT2D eigenvalue weighted by molar-refractivity contribution is 5.55. The van der Waals surface area contributed by atoms with Crippen LogP contribution in [0.3, 0.4) is 0 Å². The van der Waals surface area contributed by atoms with Crippen LogP contribution >= 0.6 is 0 Å². The van der Waals surface area contributed by atoms with Gasteiger partial charge in [0.2, 0.25) is 0 Å². The second kappa shape index (κ2) is 15.2. The van der Waals surface area contributed by atoms with E-state index in [4.69, 9.17) is 14.5 Å². The van der Waals surface area contributed by atoms with Gasteiger partial charge in [0, 0.05) is 44.1 Å². The number of aromatic nitrogens is 3. The summed E-state index contributed by atoms with van der Waals surface area (Å²) >= 11 is 0. The zero-order chi connectivity index (χ0) is 26.5. The van der Waals surface area contributed by atoms with Gasteiger partial charge in [-0.05, 0) is 44.0 Å². The smallest absolute Gasteiger partial charge is 0.161 e. The summed E-state index contributed by atoms with van der Waals surface area (Å²) in [6, 6.07) is 6.86. The van der Waals surface area contributed by atoms with Crippen molar-refractivity contribution in [3.63, 3.8) is 0 Å². The first kappa shape index (κ1) is 29.3. The molecular formula is C28H42FN5O2. The van der Waals surface area contributed by atoms with Crippen molar-refractivity contribution in [2.75, 3.05) is 38.3 Å². The first-order valence-corrected chi connectivity index (χ1v) is 12.9. The zero-order valence-electron chi connectivity index (χ0n) is 22.7. The maximum absolute atomic E-state index is 14.0. The average Bonchev–Trinajstić information content (AvgIpc) is 3.54. The van der Waals surface area contributed by atoms with Gasteiger partial charge in [0.15, 0.2) is 5.65 Å². The predicted molar refractivity (Wildman–Crippen MR) is 145 cm³/mol. The lowest BCUT2D eigenvalue weighted by Crippen LogP contribution is -2.24. The topological polar surface area (TPSA) is 63.9 Å². The van der Waals surface area contributed by atoms with E-state index in [-0.39, 0.29) is 11.9 Å². The largest absolute Gasteiger partial charge is 0.492 e. The number of ether oxygens (including phenoxy) is 2. The summed E-state index contributed by atoms with van der Waals surface area (Å²) < 4.78 is 26.5. The van der Waals surface area contributed by atoms with Gasteiger partial charge in [-0.2, -0.15) is 5.10 Å². The summed E-state index contributed by atoms with van der Waals surface area (Å²) in [5.41, 5.74) is 3.89. The van der Waals surface area contributed by atoms with Crippen LogP contribution in [0.25, 0.3) is 5.65 Å². The van der Waals surface area contributed by atoms with Crippen LogP contribution in [0.15, 0.2) is 48.8 Å². The van der Waals surface area contributed by atoms with E-state index in [9.17, 15) is 4.39 Å². The standard InChI is InChI=1S/C19H20FN5O.C5H10O.2C2H6/c20-14-3-4-17-15(10-14)16-2-1-7-24(16)18-5-8-25-19(23-18)13(12-22-25)11-21-6-9-26-17;1-5(2)4-6-3;2*1-2/h3-5,8,10,12,16,21H,1-2,6-7,9,11H2;1,4H2,2-3H3;2*1-2H3/t16-;;;/m1.../s1. The van der Waals surface area contributed by atoms with E-state index in [1.165, 1.54) is 6.07 Å². The first-order chi connectivity index (χ1) is 17.6. The van der Waals surface area contributed by atoms with E-state index in [0.717, 1.165) is 53.3 Å². The van der Waals surface area contributed by atoms with Gasteiger partial charge in [0.1, 0.15) is 24.0 Å². The molecule has 1 aromatic carbocycles. The summed E-state index contributed by atoms with van der Waals surface area (Å²) in [5, 5.41) is 7.75. The summed E-state index contributed by atoms with van der Waals surface area (Å²) in [7, 11) is 1.66. The molecule has 5 rings (SSSR count). The van der Waals surface area contributed by atoms with E-state index in [0.29, 0.717) is 26.3 Å². The lowest BCUT2D eigenvalue weighted by molar-refractivity contribution is 0.226. The fourth-order valence-electron chi connectivity index (χ4n) is 4.17. The minimum Gasteiger partial charge on any atom is -0.492 e. The Labute approximate surface area is 215 Å². The van der Waals surface area contributed by atoms with Gasteiger partial charge in [-0.3, -0.25) is 0 Å². The molecule has 4 heterocycles. The van der Waals surface area contributed by atoms with E-state index in [1.54, 1.807) is 23.8 Å². The van der Waals surface area contributed by atoms with Crippen molar-refractivity contribution in [1.29, 1.82) is 0 Å². The van der Waals surface area contributed by atoms with Crippen LogP contribution in [-0.4, -0.2) is 48.0 Å². The highest BCUT2D eigenvalue weighted by atomic mass is 19.1. The Kier molecular flexibility index (Phi) is 12.4. The molecule has 7 nitrogen and oxygen atoms in total. The van der Waals surface area contributed by atoms with Crippen LogP contribution in [-0.2, 0) is 11.3 Å². The molecule has 1 saturated heterocycles. The van der Waals surface area contributed by atoms with Crippen LogP contribution in [0.1, 0.15) is 64.6 Å². The minimum absolute atomic E-state index is 0.0655. The Morgan fingerprint density at radius 1 is 1.25 bits per heavy atom. The molecule has 1 N–H and O–H groups in total. The Hall–Kier alpha value is -2.97. The molecule has 3 aromatic rings. The van der Waals surface area contributed by atoms with Crippen molar-refractivity contribution in [3.8, 4) is 5.75 Å². The molecule has 198 valence electrons. The average molecular weight is 500 g/mol. The van der Waals surface area contributed by atoms with Gasteiger partial charge in [0.05, 0.1) is 18.8 Å². The maximum atomic E-state index is 14.0. The SMILES string of the molecule is C=C(C)COC.CC.CC.Fc1ccc2c(c1)[C@H]1CCCN1c1ccn3ncc(c3n1)CNCCO2. The number of benzene rings is 1. The highest BCUT2D eigenvalue weighted by Crippen LogP contribution is 2.39. The molecule has 2 aliphatic rings. The Morgan fingerprint density at radius 3 is 2.72 bits per heavy atom. The van der Waals surface area contributed by atoms with Crippen molar-refractivity contribution >= 4 is 11.5 Å². The number of hydrogen-bond donors (Lipinski definition) is 1. The molecule has 2 aliphatic heterocycles. The summed E-state index contributed by atoms with van der Waals surface area (Å²) in [5.74, 6) is 1.42. The number of methoxy groups -OCH3 is 1. The normalized spacial score (nSPS) is 16.2. The Balaban J connectivity index is 0.000000398. The third kappa shape index (κ3) is 7.51. The fourth-order valence-corrected chi connectivity index (χ4v) is 4.17. The molecular weight excluding hydrogens is 457 g/mol. The van der Waals surface area contributed by atoms with E-state index in [1.807, 2.05) is 53.1 Å². The number of rotatable bonds is 2. The van der Waals surface area contributed by atoms with Crippen molar-refractivity contribution in [3.05, 3.63) is 65.8 Å². The number of fused-ring (bicyclic) bond motifs is 5. The zero-order valence-corrected chi connectivity index (χ0v) is 22.7. The first-order valence-electron chi connectivity index (χ1n) is 12.9. The molecule has 0 amide bonds. The molecule has 0 saturated carbocycles. The van der Waals surface area contributed by atoms with Gasteiger partial charge >= 0.3 is 0 Å².